The molecule has 0 radical (unpaired) electrons. The lowest BCUT2D eigenvalue weighted by atomic mass is 9.86. The number of benzene rings is 1. The quantitative estimate of drug-likeness (QED) is 0.889. The van der Waals surface area contributed by atoms with Crippen molar-refractivity contribution in [2.75, 3.05) is 13.7 Å². The Hall–Kier alpha value is -1.99. The number of aromatic nitrogens is 4. The van der Waals surface area contributed by atoms with Gasteiger partial charge in [-0.2, -0.15) is 0 Å². The lowest BCUT2D eigenvalue weighted by Gasteiger charge is -2.36. The van der Waals surface area contributed by atoms with E-state index in [-0.39, 0.29) is 6.04 Å². The highest BCUT2D eigenvalue weighted by atomic mass is 16.5. The highest BCUT2D eigenvalue weighted by molar-refractivity contribution is 5.31. The van der Waals surface area contributed by atoms with E-state index in [1.54, 1.807) is 11.8 Å². The molecule has 1 aromatic heterocycles. The minimum absolute atomic E-state index is 0.0348. The third kappa shape index (κ3) is 3.07. The van der Waals surface area contributed by atoms with E-state index in [0.29, 0.717) is 6.54 Å². The summed E-state index contributed by atoms with van der Waals surface area (Å²) >= 11 is 0. The molecule has 1 fully saturated rings. The summed E-state index contributed by atoms with van der Waals surface area (Å²) in [4.78, 5) is 2.26. The fourth-order valence-electron chi connectivity index (χ4n) is 3.34. The van der Waals surface area contributed by atoms with Crippen LogP contribution in [0.25, 0.3) is 0 Å². The Kier molecular flexibility index (Phi) is 4.32. The molecule has 23 heavy (non-hydrogen) atoms. The highest BCUT2D eigenvalue weighted by Crippen LogP contribution is 2.35. The number of likely N-dealkylation sites (tertiary alicyclic amines) is 1. The number of aryl methyl sites for hydroxylation is 1. The number of methoxy groups -OCH3 is 1. The van der Waals surface area contributed by atoms with Gasteiger partial charge in [0, 0.05) is 13.1 Å². The SMILES string of the molecule is COc1ccc([C@@](C)(O)[C@@H]2CCCN2Cc2nnnn2C)cc1. The Morgan fingerprint density at radius 2 is 2.09 bits per heavy atom. The summed E-state index contributed by atoms with van der Waals surface area (Å²) in [7, 11) is 3.48. The van der Waals surface area contributed by atoms with E-state index in [2.05, 4.69) is 20.4 Å². The first kappa shape index (κ1) is 15.9. The Bertz CT molecular complexity index is 653. The van der Waals surface area contributed by atoms with E-state index in [4.69, 9.17) is 4.74 Å². The van der Waals surface area contributed by atoms with E-state index in [1.165, 1.54) is 0 Å². The van der Waals surface area contributed by atoms with Gasteiger partial charge < -0.3 is 9.84 Å². The molecule has 3 rings (SSSR count). The molecule has 1 saturated heterocycles. The molecule has 1 aliphatic rings. The summed E-state index contributed by atoms with van der Waals surface area (Å²) in [5.74, 6) is 1.60. The van der Waals surface area contributed by atoms with Gasteiger partial charge in [0.15, 0.2) is 5.82 Å². The van der Waals surface area contributed by atoms with Gasteiger partial charge in [-0.15, -0.1) is 5.10 Å². The van der Waals surface area contributed by atoms with Gasteiger partial charge in [0.1, 0.15) is 11.4 Å². The monoisotopic (exact) mass is 317 g/mol. The minimum Gasteiger partial charge on any atom is -0.497 e. The summed E-state index contributed by atoms with van der Waals surface area (Å²) in [6.07, 6.45) is 2.01. The van der Waals surface area contributed by atoms with Crippen molar-refractivity contribution in [2.24, 2.45) is 7.05 Å². The predicted molar refractivity (Wildman–Crippen MR) is 84.8 cm³/mol. The second-order valence-corrected chi connectivity index (χ2v) is 6.22. The zero-order valence-corrected chi connectivity index (χ0v) is 13.8. The zero-order chi connectivity index (χ0) is 16.4. The van der Waals surface area contributed by atoms with E-state index < -0.39 is 5.60 Å². The topological polar surface area (TPSA) is 76.3 Å². The molecule has 0 spiro atoms. The Morgan fingerprint density at radius 3 is 2.70 bits per heavy atom. The van der Waals surface area contributed by atoms with Crippen LogP contribution in [-0.4, -0.2) is 49.9 Å². The summed E-state index contributed by atoms with van der Waals surface area (Å²) < 4.78 is 6.87. The second-order valence-electron chi connectivity index (χ2n) is 6.22. The number of ether oxygens (including phenoxy) is 1. The molecule has 2 atom stereocenters. The van der Waals surface area contributed by atoms with E-state index in [0.717, 1.165) is 36.5 Å². The number of rotatable bonds is 5. The number of tetrazole rings is 1. The van der Waals surface area contributed by atoms with Crippen LogP contribution in [0.3, 0.4) is 0 Å². The van der Waals surface area contributed by atoms with Gasteiger partial charge in [-0.25, -0.2) is 4.68 Å². The fraction of sp³-hybridized carbons (Fsp3) is 0.562. The molecule has 1 aliphatic heterocycles. The molecule has 7 heteroatoms. The van der Waals surface area contributed by atoms with Crippen LogP contribution in [0, 0.1) is 0 Å². The lowest BCUT2D eigenvalue weighted by Crippen LogP contribution is -2.45. The lowest BCUT2D eigenvalue weighted by molar-refractivity contribution is -0.0264. The minimum atomic E-state index is -0.936. The van der Waals surface area contributed by atoms with Crippen LogP contribution >= 0.6 is 0 Å². The molecule has 2 aromatic rings. The molecule has 1 aromatic carbocycles. The van der Waals surface area contributed by atoms with Crippen LogP contribution in [0.15, 0.2) is 24.3 Å². The van der Waals surface area contributed by atoms with Crippen LogP contribution in [0.1, 0.15) is 31.2 Å². The van der Waals surface area contributed by atoms with Crippen LogP contribution in [0.5, 0.6) is 5.75 Å². The van der Waals surface area contributed by atoms with Gasteiger partial charge in [-0.3, -0.25) is 4.90 Å². The summed E-state index contributed by atoms with van der Waals surface area (Å²) in [6, 6.07) is 7.66. The first-order chi connectivity index (χ1) is 11.0. The molecular weight excluding hydrogens is 294 g/mol. The molecule has 0 saturated carbocycles. The largest absolute Gasteiger partial charge is 0.497 e. The molecule has 0 amide bonds. The molecule has 2 heterocycles. The van der Waals surface area contributed by atoms with Gasteiger partial charge in [0.05, 0.1) is 13.7 Å². The number of nitrogens with zero attached hydrogens (tertiary/aromatic N) is 5. The van der Waals surface area contributed by atoms with Gasteiger partial charge in [-0.1, -0.05) is 12.1 Å². The van der Waals surface area contributed by atoms with Crippen LogP contribution in [0.2, 0.25) is 0 Å². The van der Waals surface area contributed by atoms with Gasteiger partial charge in [-0.05, 0) is 54.4 Å². The summed E-state index contributed by atoms with van der Waals surface area (Å²) in [6.45, 7) is 3.46. The summed E-state index contributed by atoms with van der Waals surface area (Å²) in [5, 5.41) is 22.8. The van der Waals surface area contributed by atoms with Crippen LogP contribution < -0.4 is 4.74 Å². The maximum atomic E-state index is 11.2. The van der Waals surface area contributed by atoms with Crippen molar-refractivity contribution in [3.63, 3.8) is 0 Å². The van der Waals surface area contributed by atoms with Crippen molar-refractivity contribution in [1.82, 2.24) is 25.1 Å². The Balaban J connectivity index is 1.80. The van der Waals surface area contributed by atoms with Gasteiger partial charge in [0.25, 0.3) is 0 Å². The molecule has 0 bridgehead atoms. The van der Waals surface area contributed by atoms with Crippen molar-refractivity contribution in [2.45, 2.75) is 38.0 Å². The van der Waals surface area contributed by atoms with Gasteiger partial charge >= 0.3 is 0 Å². The average molecular weight is 317 g/mol. The first-order valence-corrected chi connectivity index (χ1v) is 7.84. The first-order valence-electron chi connectivity index (χ1n) is 7.84. The van der Waals surface area contributed by atoms with Crippen molar-refractivity contribution in [3.8, 4) is 5.75 Å². The standard InChI is InChI=1S/C16H23N5O2/c1-16(22,12-6-8-13(23-3)9-7-12)14-5-4-10-21(14)11-15-17-18-19-20(15)2/h6-9,14,22H,4-5,10-11H2,1-3H3/t14-,16+/m0/s1. The summed E-state index contributed by atoms with van der Waals surface area (Å²) in [5.41, 5.74) is -0.0410. The Morgan fingerprint density at radius 1 is 1.35 bits per heavy atom. The third-order valence-corrected chi connectivity index (χ3v) is 4.74. The molecule has 1 N–H and O–H groups in total. The molecule has 0 aliphatic carbocycles. The van der Waals surface area contributed by atoms with Crippen LogP contribution in [0.4, 0.5) is 0 Å². The number of aliphatic hydroxyl groups is 1. The maximum absolute atomic E-state index is 11.2. The smallest absolute Gasteiger partial charge is 0.164 e. The van der Waals surface area contributed by atoms with E-state index in [1.807, 2.05) is 38.2 Å². The maximum Gasteiger partial charge on any atom is 0.164 e. The number of hydrogen-bond acceptors (Lipinski definition) is 6. The van der Waals surface area contributed by atoms with Crippen molar-refractivity contribution >= 4 is 0 Å². The van der Waals surface area contributed by atoms with E-state index in [9.17, 15) is 5.11 Å². The third-order valence-electron chi connectivity index (χ3n) is 4.74. The molecule has 0 unspecified atom stereocenters. The molecular formula is C16H23N5O2. The fourth-order valence-corrected chi connectivity index (χ4v) is 3.34. The molecule has 124 valence electrons. The van der Waals surface area contributed by atoms with Crippen LogP contribution in [-0.2, 0) is 19.2 Å². The second kappa shape index (κ2) is 6.25. The predicted octanol–water partition coefficient (Wildman–Crippen LogP) is 1.09. The van der Waals surface area contributed by atoms with Crippen molar-refractivity contribution in [1.29, 1.82) is 0 Å². The average Bonchev–Trinajstić information content (AvgIpc) is 3.18. The molecule has 7 nitrogen and oxygen atoms in total. The zero-order valence-electron chi connectivity index (χ0n) is 13.8. The number of hydrogen-bond donors (Lipinski definition) is 1. The van der Waals surface area contributed by atoms with Crippen molar-refractivity contribution in [3.05, 3.63) is 35.7 Å². The van der Waals surface area contributed by atoms with E-state index >= 15 is 0 Å². The Labute approximate surface area is 135 Å². The normalized spacial score (nSPS) is 21.3. The highest BCUT2D eigenvalue weighted by Gasteiger charge is 2.40. The van der Waals surface area contributed by atoms with Gasteiger partial charge in [0.2, 0.25) is 0 Å². The van der Waals surface area contributed by atoms with Crippen molar-refractivity contribution < 1.29 is 9.84 Å².